The zero-order chi connectivity index (χ0) is 11.5. The second kappa shape index (κ2) is 4.63. The van der Waals surface area contributed by atoms with Crippen LogP contribution in [0.1, 0.15) is 34.0 Å². The molecule has 2 rings (SSSR count). The summed E-state index contributed by atoms with van der Waals surface area (Å²) in [7, 11) is 0. The molecule has 0 fully saturated rings. The predicted molar refractivity (Wildman–Crippen MR) is 57.5 cm³/mol. The molecule has 0 bridgehead atoms. The molecule has 0 radical (unpaired) electrons. The predicted octanol–water partition coefficient (Wildman–Crippen LogP) is 1.38. The summed E-state index contributed by atoms with van der Waals surface area (Å²) in [6.07, 6.45) is 1.19. The van der Waals surface area contributed by atoms with Gasteiger partial charge in [0.15, 0.2) is 0 Å². The fourth-order valence-corrected chi connectivity index (χ4v) is 2.03. The average molecular weight is 222 g/mol. The molecule has 1 unspecified atom stereocenters. The van der Waals surface area contributed by atoms with Crippen LogP contribution >= 0.6 is 0 Å². The first kappa shape index (κ1) is 11.1. The Bertz CT molecular complexity index is 400. The Hall–Kier alpha value is -1.39. The molecule has 0 saturated carbocycles. The molecule has 2 N–H and O–H groups in total. The SMILES string of the molecule is O=C(O)c1ccc2c(c1)CCOC2CCO. The molecule has 1 aromatic rings. The molecular weight excluding hydrogens is 208 g/mol. The Labute approximate surface area is 93.5 Å². The van der Waals surface area contributed by atoms with Crippen LogP contribution in [0, 0.1) is 0 Å². The van der Waals surface area contributed by atoms with Crippen molar-refractivity contribution in [2.75, 3.05) is 13.2 Å². The van der Waals surface area contributed by atoms with Crippen LogP contribution in [0.3, 0.4) is 0 Å². The smallest absolute Gasteiger partial charge is 0.335 e. The molecule has 0 amide bonds. The Balaban J connectivity index is 2.32. The van der Waals surface area contributed by atoms with E-state index in [4.69, 9.17) is 14.9 Å². The summed E-state index contributed by atoms with van der Waals surface area (Å²) < 4.78 is 5.54. The molecule has 0 aliphatic carbocycles. The summed E-state index contributed by atoms with van der Waals surface area (Å²) in [5, 5.41) is 17.8. The minimum atomic E-state index is -0.909. The number of carboxylic acids is 1. The number of aliphatic hydroxyl groups is 1. The van der Waals surface area contributed by atoms with E-state index in [-0.39, 0.29) is 12.7 Å². The highest BCUT2D eigenvalue weighted by Crippen LogP contribution is 2.30. The van der Waals surface area contributed by atoms with E-state index in [0.29, 0.717) is 18.6 Å². The number of hydrogen-bond donors (Lipinski definition) is 2. The Morgan fingerprint density at radius 3 is 3.00 bits per heavy atom. The quantitative estimate of drug-likeness (QED) is 0.810. The fourth-order valence-electron chi connectivity index (χ4n) is 2.03. The van der Waals surface area contributed by atoms with Gasteiger partial charge in [0.25, 0.3) is 0 Å². The number of rotatable bonds is 3. The maximum Gasteiger partial charge on any atom is 0.335 e. The number of carboxylic acid groups (broad SMARTS) is 1. The molecule has 1 aliphatic rings. The Kier molecular flexibility index (Phi) is 3.22. The first-order chi connectivity index (χ1) is 7.72. The summed E-state index contributed by atoms with van der Waals surface area (Å²) in [6, 6.07) is 5.07. The second-order valence-corrected chi connectivity index (χ2v) is 3.84. The van der Waals surface area contributed by atoms with Gasteiger partial charge in [0, 0.05) is 13.0 Å². The van der Waals surface area contributed by atoms with E-state index >= 15 is 0 Å². The summed E-state index contributed by atoms with van der Waals surface area (Å²) >= 11 is 0. The van der Waals surface area contributed by atoms with Crippen molar-refractivity contribution in [1.29, 1.82) is 0 Å². The molecule has 86 valence electrons. The zero-order valence-corrected chi connectivity index (χ0v) is 8.85. The molecule has 1 aliphatic heterocycles. The molecule has 1 atom stereocenters. The van der Waals surface area contributed by atoms with Crippen molar-refractivity contribution >= 4 is 5.97 Å². The average Bonchev–Trinajstić information content (AvgIpc) is 2.29. The number of benzene rings is 1. The van der Waals surface area contributed by atoms with E-state index in [1.54, 1.807) is 18.2 Å². The van der Waals surface area contributed by atoms with Gasteiger partial charge in [0.2, 0.25) is 0 Å². The lowest BCUT2D eigenvalue weighted by Crippen LogP contribution is -2.18. The van der Waals surface area contributed by atoms with E-state index in [9.17, 15) is 4.79 Å². The molecule has 4 nitrogen and oxygen atoms in total. The van der Waals surface area contributed by atoms with E-state index < -0.39 is 5.97 Å². The van der Waals surface area contributed by atoms with Crippen molar-refractivity contribution in [1.82, 2.24) is 0 Å². The van der Waals surface area contributed by atoms with Crippen molar-refractivity contribution in [3.8, 4) is 0 Å². The van der Waals surface area contributed by atoms with Gasteiger partial charge in [-0.05, 0) is 29.7 Å². The van der Waals surface area contributed by atoms with Gasteiger partial charge < -0.3 is 14.9 Å². The van der Waals surface area contributed by atoms with Gasteiger partial charge in [0.1, 0.15) is 0 Å². The lowest BCUT2D eigenvalue weighted by atomic mass is 9.94. The normalized spacial score (nSPS) is 19.2. The Morgan fingerprint density at radius 2 is 2.31 bits per heavy atom. The van der Waals surface area contributed by atoms with E-state index in [1.807, 2.05) is 0 Å². The van der Waals surface area contributed by atoms with Gasteiger partial charge in [-0.1, -0.05) is 6.07 Å². The van der Waals surface area contributed by atoms with E-state index in [1.165, 1.54) is 0 Å². The summed E-state index contributed by atoms with van der Waals surface area (Å²) in [5.41, 5.74) is 2.33. The highest BCUT2D eigenvalue weighted by molar-refractivity contribution is 5.87. The van der Waals surface area contributed by atoms with Crippen LogP contribution < -0.4 is 0 Å². The number of carbonyl (C=O) groups is 1. The van der Waals surface area contributed by atoms with Crippen LogP contribution in [0.5, 0.6) is 0 Å². The van der Waals surface area contributed by atoms with E-state index in [2.05, 4.69) is 0 Å². The first-order valence-electron chi connectivity index (χ1n) is 5.31. The third kappa shape index (κ3) is 2.08. The third-order valence-electron chi connectivity index (χ3n) is 2.82. The monoisotopic (exact) mass is 222 g/mol. The number of aromatic carboxylic acids is 1. The van der Waals surface area contributed by atoms with Crippen LogP contribution in [-0.4, -0.2) is 29.4 Å². The lowest BCUT2D eigenvalue weighted by molar-refractivity contribution is 0.0252. The molecule has 4 heteroatoms. The van der Waals surface area contributed by atoms with E-state index in [0.717, 1.165) is 17.5 Å². The maximum absolute atomic E-state index is 10.8. The van der Waals surface area contributed by atoms with Crippen molar-refractivity contribution in [2.24, 2.45) is 0 Å². The minimum absolute atomic E-state index is 0.0742. The molecule has 0 saturated heterocycles. The standard InChI is InChI=1S/C12H14O4/c13-5-3-11-10-2-1-9(12(14)15)7-8(10)4-6-16-11/h1-2,7,11,13H,3-6H2,(H,14,15). The van der Waals surface area contributed by atoms with Crippen molar-refractivity contribution in [2.45, 2.75) is 18.9 Å². The number of ether oxygens (including phenoxy) is 1. The summed E-state index contributed by atoms with van der Waals surface area (Å²) in [5.74, 6) is -0.909. The summed E-state index contributed by atoms with van der Waals surface area (Å²) in [4.78, 5) is 10.8. The van der Waals surface area contributed by atoms with Crippen molar-refractivity contribution < 1.29 is 19.7 Å². The highest BCUT2D eigenvalue weighted by Gasteiger charge is 2.21. The zero-order valence-electron chi connectivity index (χ0n) is 8.85. The van der Waals surface area contributed by atoms with Crippen molar-refractivity contribution in [3.63, 3.8) is 0 Å². The number of hydrogen-bond acceptors (Lipinski definition) is 3. The third-order valence-corrected chi connectivity index (χ3v) is 2.82. The van der Waals surface area contributed by atoms with Gasteiger partial charge in [-0.2, -0.15) is 0 Å². The van der Waals surface area contributed by atoms with Crippen LogP contribution in [0.25, 0.3) is 0 Å². The van der Waals surface area contributed by atoms with Crippen LogP contribution in [0.2, 0.25) is 0 Å². The molecule has 16 heavy (non-hydrogen) atoms. The number of fused-ring (bicyclic) bond motifs is 1. The summed E-state index contributed by atoms with van der Waals surface area (Å²) in [6.45, 7) is 0.658. The van der Waals surface area contributed by atoms with Gasteiger partial charge in [-0.25, -0.2) is 4.79 Å². The maximum atomic E-state index is 10.8. The van der Waals surface area contributed by atoms with Crippen LogP contribution in [0.15, 0.2) is 18.2 Å². The first-order valence-corrected chi connectivity index (χ1v) is 5.31. The fraction of sp³-hybridized carbons (Fsp3) is 0.417. The van der Waals surface area contributed by atoms with Crippen LogP contribution in [0.4, 0.5) is 0 Å². The lowest BCUT2D eigenvalue weighted by Gasteiger charge is -2.25. The van der Waals surface area contributed by atoms with Gasteiger partial charge in [-0.3, -0.25) is 0 Å². The molecule has 0 spiro atoms. The van der Waals surface area contributed by atoms with Gasteiger partial charge in [0.05, 0.1) is 18.3 Å². The van der Waals surface area contributed by atoms with Gasteiger partial charge >= 0.3 is 5.97 Å². The molecule has 1 heterocycles. The van der Waals surface area contributed by atoms with Crippen LogP contribution in [-0.2, 0) is 11.2 Å². The largest absolute Gasteiger partial charge is 0.478 e. The number of aliphatic hydroxyl groups excluding tert-OH is 1. The molecule has 0 aromatic heterocycles. The molecule has 1 aromatic carbocycles. The van der Waals surface area contributed by atoms with Gasteiger partial charge in [-0.15, -0.1) is 0 Å². The second-order valence-electron chi connectivity index (χ2n) is 3.84. The minimum Gasteiger partial charge on any atom is -0.478 e. The molecular formula is C12H14O4. The topological polar surface area (TPSA) is 66.8 Å². The highest BCUT2D eigenvalue weighted by atomic mass is 16.5. The van der Waals surface area contributed by atoms with Crippen molar-refractivity contribution in [3.05, 3.63) is 34.9 Å². The Morgan fingerprint density at radius 1 is 1.50 bits per heavy atom.